The number of benzene rings is 1. The number of pyridine rings is 1. The second kappa shape index (κ2) is 8.65. The minimum atomic E-state index is -0.700. The number of rotatable bonds is 1. The molecule has 0 bridgehead atoms. The lowest BCUT2D eigenvalue weighted by Gasteiger charge is -2.29. The second-order valence-electron chi connectivity index (χ2n) is 9.62. The van der Waals surface area contributed by atoms with Crippen molar-refractivity contribution in [2.45, 2.75) is 66.2 Å². The highest BCUT2D eigenvalue weighted by Crippen LogP contribution is 2.42. The van der Waals surface area contributed by atoms with Gasteiger partial charge in [-0.1, -0.05) is 24.3 Å². The Morgan fingerprint density at radius 1 is 0.969 bits per heavy atom. The van der Waals surface area contributed by atoms with Crippen molar-refractivity contribution in [1.29, 1.82) is 0 Å². The third-order valence-electron chi connectivity index (χ3n) is 4.49. The molecule has 1 aliphatic heterocycles. The molecular weight excluding hydrogens is 406 g/mol. The summed E-state index contributed by atoms with van der Waals surface area (Å²) >= 11 is 0. The van der Waals surface area contributed by atoms with E-state index in [1.54, 1.807) is 23.2 Å². The van der Waals surface area contributed by atoms with Gasteiger partial charge in [-0.25, -0.2) is 19.5 Å². The molecule has 0 spiro atoms. The molecule has 1 aliphatic rings. The zero-order chi connectivity index (χ0) is 23.7. The minimum Gasteiger partial charge on any atom is -0.443 e. The van der Waals surface area contributed by atoms with Crippen molar-refractivity contribution in [3.8, 4) is 0 Å². The van der Waals surface area contributed by atoms with Crippen LogP contribution < -0.4 is 9.80 Å². The van der Waals surface area contributed by atoms with Crippen LogP contribution in [-0.2, 0) is 16.0 Å². The highest BCUT2D eigenvalue weighted by molar-refractivity contribution is 6.04. The van der Waals surface area contributed by atoms with Gasteiger partial charge in [0, 0.05) is 11.8 Å². The first-order chi connectivity index (χ1) is 14.9. The van der Waals surface area contributed by atoms with Crippen LogP contribution in [0.25, 0.3) is 6.08 Å². The molecule has 0 aliphatic carbocycles. The van der Waals surface area contributed by atoms with E-state index in [9.17, 15) is 9.59 Å². The van der Waals surface area contributed by atoms with E-state index in [0.29, 0.717) is 22.8 Å². The average molecular weight is 438 g/mol. The van der Waals surface area contributed by atoms with Crippen molar-refractivity contribution in [3.63, 3.8) is 0 Å². The fraction of sp³-hybridized carbons (Fsp3) is 0.400. The van der Waals surface area contributed by atoms with Crippen LogP contribution in [0.5, 0.6) is 0 Å². The highest BCUT2D eigenvalue weighted by atomic mass is 16.6. The summed E-state index contributed by atoms with van der Waals surface area (Å²) in [6, 6.07) is 9.17. The highest BCUT2D eigenvalue weighted by Gasteiger charge is 2.36. The molecule has 7 heteroatoms. The molecule has 2 amide bonds. The van der Waals surface area contributed by atoms with Gasteiger partial charge in [-0.2, -0.15) is 0 Å². The first-order valence-corrected chi connectivity index (χ1v) is 10.6. The molecule has 1 aromatic carbocycles. The predicted octanol–water partition coefficient (Wildman–Crippen LogP) is 6.44. The van der Waals surface area contributed by atoms with Crippen LogP contribution in [-0.4, -0.2) is 28.4 Å². The van der Waals surface area contributed by atoms with E-state index in [1.807, 2.05) is 78.8 Å². The Morgan fingerprint density at radius 3 is 2.25 bits per heavy atom. The molecule has 0 unspecified atom stereocenters. The third kappa shape index (κ3) is 5.28. The molecule has 0 N–H and O–H groups in total. The molecule has 2 aromatic rings. The summed E-state index contributed by atoms with van der Waals surface area (Å²) in [4.78, 5) is 34.0. The van der Waals surface area contributed by atoms with Crippen LogP contribution in [0.4, 0.5) is 26.8 Å². The number of aromatic nitrogens is 1. The molecule has 7 nitrogen and oxygen atoms in total. The van der Waals surface area contributed by atoms with Gasteiger partial charge < -0.3 is 9.47 Å². The fourth-order valence-electron chi connectivity index (χ4n) is 3.34. The lowest BCUT2D eigenvalue weighted by molar-refractivity contribution is 0.0571. The SMILES string of the molecule is CC=Cc1ccc2c(c1)N(C(=O)OC(C)(C)C)Cc1cccnc1N2C(=O)OC(C)(C)C. The first-order valence-electron chi connectivity index (χ1n) is 10.6. The standard InChI is InChI=1S/C25H31N3O4/c1-8-10-17-12-13-19-20(15-17)27(22(29)31-24(2,3)4)16-18-11-9-14-26-21(18)28(19)23(30)32-25(5,6)7/h8-15H,16H2,1-7H3. The average Bonchev–Trinajstić information content (AvgIpc) is 2.80. The van der Waals surface area contributed by atoms with Crippen molar-refractivity contribution in [3.05, 3.63) is 53.7 Å². The van der Waals surface area contributed by atoms with E-state index in [2.05, 4.69) is 4.98 Å². The molecule has 0 saturated heterocycles. The smallest absolute Gasteiger partial charge is 0.420 e. The van der Waals surface area contributed by atoms with E-state index in [-0.39, 0.29) is 6.54 Å². The van der Waals surface area contributed by atoms with Crippen LogP contribution >= 0.6 is 0 Å². The molecule has 0 radical (unpaired) electrons. The number of amides is 2. The molecule has 32 heavy (non-hydrogen) atoms. The molecule has 2 heterocycles. The van der Waals surface area contributed by atoms with Crippen molar-refractivity contribution in [1.82, 2.24) is 4.98 Å². The Labute approximate surface area is 189 Å². The van der Waals surface area contributed by atoms with Crippen molar-refractivity contribution in [2.75, 3.05) is 9.80 Å². The lowest BCUT2D eigenvalue weighted by Crippen LogP contribution is -2.36. The number of carbonyl (C=O) groups is 2. The van der Waals surface area contributed by atoms with Gasteiger partial charge in [-0.3, -0.25) is 4.90 Å². The van der Waals surface area contributed by atoms with Gasteiger partial charge in [-0.05, 0) is 72.2 Å². The first kappa shape index (κ1) is 23.3. The number of allylic oxidation sites excluding steroid dienone is 1. The summed E-state index contributed by atoms with van der Waals surface area (Å²) in [7, 11) is 0. The normalized spacial score (nSPS) is 14.0. The predicted molar refractivity (Wildman–Crippen MR) is 126 cm³/mol. The summed E-state index contributed by atoms with van der Waals surface area (Å²) in [5.41, 5.74) is 1.26. The molecule has 0 saturated carbocycles. The van der Waals surface area contributed by atoms with E-state index in [0.717, 1.165) is 5.56 Å². The second-order valence-corrected chi connectivity index (χ2v) is 9.62. The zero-order valence-corrected chi connectivity index (χ0v) is 19.8. The molecular formula is C25H31N3O4. The molecule has 1 aromatic heterocycles. The minimum absolute atomic E-state index is 0.198. The third-order valence-corrected chi connectivity index (χ3v) is 4.49. The van der Waals surface area contributed by atoms with E-state index >= 15 is 0 Å². The van der Waals surface area contributed by atoms with Gasteiger partial charge in [-0.15, -0.1) is 0 Å². The van der Waals surface area contributed by atoms with E-state index in [1.165, 1.54) is 4.90 Å². The van der Waals surface area contributed by atoms with Gasteiger partial charge in [0.1, 0.15) is 17.0 Å². The van der Waals surface area contributed by atoms with Crippen LogP contribution in [0, 0.1) is 0 Å². The van der Waals surface area contributed by atoms with Gasteiger partial charge in [0.15, 0.2) is 0 Å². The van der Waals surface area contributed by atoms with Gasteiger partial charge >= 0.3 is 12.2 Å². The number of hydrogen-bond acceptors (Lipinski definition) is 5. The maximum atomic E-state index is 13.3. The number of hydrogen-bond donors (Lipinski definition) is 0. The van der Waals surface area contributed by atoms with Crippen molar-refractivity contribution in [2.24, 2.45) is 0 Å². The van der Waals surface area contributed by atoms with Gasteiger partial charge in [0.2, 0.25) is 0 Å². The van der Waals surface area contributed by atoms with E-state index in [4.69, 9.17) is 9.47 Å². The fourth-order valence-corrected chi connectivity index (χ4v) is 3.34. The summed E-state index contributed by atoms with van der Waals surface area (Å²) in [6.07, 6.45) is 4.40. The van der Waals surface area contributed by atoms with Crippen LogP contribution in [0.2, 0.25) is 0 Å². The van der Waals surface area contributed by atoms with Gasteiger partial charge in [0.05, 0.1) is 17.9 Å². The molecule has 0 atom stereocenters. The van der Waals surface area contributed by atoms with Crippen molar-refractivity contribution < 1.29 is 19.1 Å². The summed E-state index contributed by atoms with van der Waals surface area (Å²) in [6.45, 7) is 13.0. The Balaban J connectivity index is 2.23. The monoisotopic (exact) mass is 437 g/mol. The number of nitrogens with zero attached hydrogens (tertiary/aromatic N) is 3. The number of anilines is 3. The van der Waals surface area contributed by atoms with Gasteiger partial charge in [0.25, 0.3) is 0 Å². The maximum Gasteiger partial charge on any atom is 0.420 e. The quantitative estimate of drug-likeness (QED) is 0.513. The summed E-state index contributed by atoms with van der Waals surface area (Å²) in [5.74, 6) is 0.424. The van der Waals surface area contributed by atoms with Crippen molar-refractivity contribution >= 4 is 35.5 Å². The molecule has 0 fully saturated rings. The van der Waals surface area contributed by atoms with E-state index < -0.39 is 23.4 Å². The number of fused-ring (bicyclic) bond motifs is 2. The van der Waals surface area contributed by atoms with Crippen LogP contribution in [0.1, 0.15) is 59.6 Å². The Kier molecular flexibility index (Phi) is 6.30. The Hall–Kier alpha value is -3.35. The number of carbonyl (C=O) groups excluding carboxylic acids is 2. The zero-order valence-electron chi connectivity index (χ0n) is 19.8. The summed E-state index contributed by atoms with van der Waals surface area (Å²) in [5, 5.41) is 0. The topological polar surface area (TPSA) is 72.0 Å². The lowest BCUT2D eigenvalue weighted by atomic mass is 10.1. The number of ether oxygens (including phenoxy) is 2. The maximum absolute atomic E-state index is 13.3. The van der Waals surface area contributed by atoms with Crippen LogP contribution in [0.15, 0.2) is 42.6 Å². The largest absolute Gasteiger partial charge is 0.443 e. The van der Waals surface area contributed by atoms with Crippen LogP contribution in [0.3, 0.4) is 0 Å². The Bertz CT molecular complexity index is 1050. The summed E-state index contributed by atoms with van der Waals surface area (Å²) < 4.78 is 11.4. The Morgan fingerprint density at radius 2 is 1.62 bits per heavy atom. The molecule has 170 valence electrons. The molecule has 3 rings (SSSR count).